The molecule has 4 nitrogen and oxygen atoms in total. The highest BCUT2D eigenvalue weighted by Gasteiger charge is 2.16. The van der Waals surface area contributed by atoms with Crippen LogP contribution in [-0.4, -0.2) is 11.2 Å². The predicted octanol–water partition coefficient (Wildman–Crippen LogP) is 1.85. The molecule has 0 saturated carbocycles. The number of nitro benzene ring substituents is 1. The van der Waals surface area contributed by atoms with Crippen LogP contribution >= 0.6 is 0 Å². The first-order valence-corrected chi connectivity index (χ1v) is 3.46. The van der Waals surface area contributed by atoms with Crippen LogP contribution in [-0.2, 0) is 0 Å². The minimum atomic E-state index is -0.778. The molecule has 13 heavy (non-hydrogen) atoms. The first-order valence-electron chi connectivity index (χ1n) is 3.46. The van der Waals surface area contributed by atoms with Gasteiger partial charge in [-0.2, -0.15) is 0 Å². The fourth-order valence-electron chi connectivity index (χ4n) is 1.04. The summed E-state index contributed by atoms with van der Waals surface area (Å²) in [6.07, 6.45) is 0.354. The number of aldehydes is 1. The predicted molar refractivity (Wildman–Crippen MR) is 43.2 cm³/mol. The second-order valence-electron chi connectivity index (χ2n) is 2.53. The van der Waals surface area contributed by atoms with Gasteiger partial charge in [-0.3, -0.25) is 14.9 Å². The highest BCUT2D eigenvalue weighted by atomic mass is 19.1. The number of carbonyl (C=O) groups is 1. The molecule has 0 aromatic heterocycles. The number of carbonyl (C=O) groups excluding carboxylic acids is 1. The van der Waals surface area contributed by atoms with Crippen LogP contribution in [0.2, 0.25) is 0 Å². The summed E-state index contributed by atoms with van der Waals surface area (Å²) in [4.78, 5) is 20.0. The Kier molecular flexibility index (Phi) is 2.36. The van der Waals surface area contributed by atoms with Crippen LogP contribution in [0.15, 0.2) is 12.1 Å². The third-order valence-electron chi connectivity index (χ3n) is 1.64. The molecule has 0 bridgehead atoms. The van der Waals surface area contributed by atoms with E-state index in [-0.39, 0.29) is 11.1 Å². The van der Waals surface area contributed by atoms with Gasteiger partial charge in [-0.15, -0.1) is 0 Å². The van der Waals surface area contributed by atoms with Gasteiger partial charge in [-0.1, -0.05) is 0 Å². The minimum absolute atomic E-state index is 0.0774. The Labute approximate surface area is 73.1 Å². The molecule has 1 aromatic rings. The maximum atomic E-state index is 12.7. The molecule has 0 aliphatic carbocycles. The first-order chi connectivity index (χ1) is 6.06. The third-order valence-corrected chi connectivity index (χ3v) is 1.64. The van der Waals surface area contributed by atoms with Crippen molar-refractivity contribution in [1.82, 2.24) is 0 Å². The van der Waals surface area contributed by atoms with E-state index in [1.165, 1.54) is 6.92 Å². The second kappa shape index (κ2) is 3.30. The molecule has 0 unspecified atom stereocenters. The Morgan fingerprint density at radius 2 is 2.15 bits per heavy atom. The summed E-state index contributed by atoms with van der Waals surface area (Å²) in [5, 5.41) is 10.4. The molecule has 0 N–H and O–H groups in total. The first kappa shape index (κ1) is 9.31. The maximum Gasteiger partial charge on any atom is 0.283 e. The van der Waals surface area contributed by atoms with Gasteiger partial charge in [-0.05, 0) is 18.6 Å². The summed E-state index contributed by atoms with van der Waals surface area (Å²) in [5.74, 6) is -0.713. The molecule has 0 radical (unpaired) electrons. The van der Waals surface area contributed by atoms with Crippen molar-refractivity contribution in [1.29, 1.82) is 0 Å². The summed E-state index contributed by atoms with van der Waals surface area (Å²) in [7, 11) is 0. The molecule has 0 fully saturated rings. The Hall–Kier alpha value is -1.78. The number of hydrogen-bond acceptors (Lipinski definition) is 3. The third kappa shape index (κ3) is 1.69. The monoisotopic (exact) mass is 183 g/mol. The lowest BCUT2D eigenvalue weighted by Crippen LogP contribution is -1.98. The maximum absolute atomic E-state index is 12.7. The minimum Gasteiger partial charge on any atom is -0.298 e. The van der Waals surface area contributed by atoms with E-state index in [1.54, 1.807) is 0 Å². The molecular weight excluding hydrogens is 177 g/mol. The van der Waals surface area contributed by atoms with Crippen LogP contribution < -0.4 is 0 Å². The summed E-state index contributed by atoms with van der Waals surface area (Å²) >= 11 is 0. The Balaban J connectivity index is 3.46. The number of hydrogen-bond donors (Lipinski definition) is 0. The van der Waals surface area contributed by atoms with Gasteiger partial charge >= 0.3 is 0 Å². The molecule has 0 spiro atoms. The van der Waals surface area contributed by atoms with E-state index in [0.717, 1.165) is 12.1 Å². The van der Waals surface area contributed by atoms with Crippen LogP contribution in [0, 0.1) is 22.9 Å². The van der Waals surface area contributed by atoms with Gasteiger partial charge in [0.05, 0.1) is 16.6 Å². The summed E-state index contributed by atoms with van der Waals surface area (Å²) < 4.78 is 12.7. The largest absolute Gasteiger partial charge is 0.298 e. The average Bonchev–Trinajstić information content (AvgIpc) is 2.02. The van der Waals surface area contributed by atoms with Crippen molar-refractivity contribution in [2.75, 3.05) is 0 Å². The zero-order chi connectivity index (χ0) is 10.0. The number of aryl methyl sites for hydroxylation is 1. The average molecular weight is 183 g/mol. The highest BCUT2D eigenvalue weighted by molar-refractivity contribution is 5.83. The zero-order valence-electron chi connectivity index (χ0n) is 6.78. The molecule has 0 heterocycles. The lowest BCUT2D eigenvalue weighted by Gasteiger charge is -1.99. The molecule has 0 saturated heterocycles. The number of benzene rings is 1. The lowest BCUT2D eigenvalue weighted by molar-refractivity contribution is -0.385. The van der Waals surface area contributed by atoms with E-state index >= 15 is 0 Å². The molecule has 68 valence electrons. The van der Waals surface area contributed by atoms with Crippen molar-refractivity contribution in [3.8, 4) is 0 Å². The summed E-state index contributed by atoms with van der Waals surface area (Å²) in [6, 6.07) is 1.81. The molecule has 0 atom stereocenters. The van der Waals surface area contributed by atoms with Gasteiger partial charge in [-0.25, -0.2) is 4.39 Å². The van der Waals surface area contributed by atoms with Gasteiger partial charge < -0.3 is 0 Å². The number of rotatable bonds is 2. The van der Waals surface area contributed by atoms with Crippen molar-refractivity contribution in [2.24, 2.45) is 0 Å². The van der Waals surface area contributed by atoms with Crippen molar-refractivity contribution < 1.29 is 14.1 Å². The van der Waals surface area contributed by atoms with Gasteiger partial charge in [0.15, 0.2) is 6.29 Å². The van der Waals surface area contributed by atoms with Crippen molar-refractivity contribution in [2.45, 2.75) is 6.92 Å². The lowest BCUT2D eigenvalue weighted by atomic mass is 10.1. The molecule has 0 aliphatic rings. The summed E-state index contributed by atoms with van der Waals surface area (Å²) in [5.41, 5.74) is -0.305. The standard InChI is InChI=1S/C8H6FNO3/c1-5-2-6(9)3-8(10(12)13)7(5)4-11/h2-4H,1H3. The number of nitro groups is 1. The van der Waals surface area contributed by atoms with Crippen molar-refractivity contribution >= 4 is 12.0 Å². The van der Waals surface area contributed by atoms with E-state index in [0.29, 0.717) is 6.29 Å². The molecule has 1 rings (SSSR count). The quantitative estimate of drug-likeness (QED) is 0.399. The fourth-order valence-corrected chi connectivity index (χ4v) is 1.04. The van der Waals surface area contributed by atoms with Gasteiger partial charge in [0.25, 0.3) is 5.69 Å². The van der Waals surface area contributed by atoms with Crippen LogP contribution in [0.5, 0.6) is 0 Å². The number of nitrogens with zero attached hydrogens (tertiary/aromatic N) is 1. The smallest absolute Gasteiger partial charge is 0.283 e. The van der Waals surface area contributed by atoms with E-state index in [2.05, 4.69) is 0 Å². The molecular formula is C8H6FNO3. The highest BCUT2D eigenvalue weighted by Crippen LogP contribution is 2.21. The van der Waals surface area contributed by atoms with Gasteiger partial charge in [0.1, 0.15) is 5.82 Å². The molecule has 0 aliphatic heterocycles. The van der Waals surface area contributed by atoms with Crippen LogP contribution in [0.1, 0.15) is 15.9 Å². The van der Waals surface area contributed by atoms with Gasteiger partial charge in [0, 0.05) is 0 Å². The Morgan fingerprint density at radius 3 is 2.62 bits per heavy atom. The van der Waals surface area contributed by atoms with Crippen molar-refractivity contribution in [3.63, 3.8) is 0 Å². The van der Waals surface area contributed by atoms with Crippen molar-refractivity contribution in [3.05, 3.63) is 39.2 Å². The SMILES string of the molecule is Cc1cc(F)cc([N+](=O)[O-])c1C=O. The molecule has 1 aromatic carbocycles. The fraction of sp³-hybridized carbons (Fsp3) is 0.125. The van der Waals surface area contributed by atoms with E-state index in [9.17, 15) is 19.3 Å². The molecule has 0 amide bonds. The Morgan fingerprint density at radius 1 is 1.54 bits per heavy atom. The van der Waals surface area contributed by atoms with E-state index < -0.39 is 16.4 Å². The normalized spacial score (nSPS) is 9.69. The van der Waals surface area contributed by atoms with Crippen LogP contribution in [0.4, 0.5) is 10.1 Å². The topological polar surface area (TPSA) is 60.2 Å². The summed E-state index contributed by atoms with van der Waals surface area (Å²) in [6.45, 7) is 1.44. The zero-order valence-corrected chi connectivity index (χ0v) is 6.78. The van der Waals surface area contributed by atoms with Crippen LogP contribution in [0.3, 0.4) is 0 Å². The van der Waals surface area contributed by atoms with Gasteiger partial charge in [0.2, 0.25) is 0 Å². The van der Waals surface area contributed by atoms with Crippen LogP contribution in [0.25, 0.3) is 0 Å². The number of halogens is 1. The van der Waals surface area contributed by atoms with E-state index in [1.807, 2.05) is 0 Å². The second-order valence-corrected chi connectivity index (χ2v) is 2.53. The molecule has 5 heteroatoms. The Bertz CT molecular complexity index is 376. The van der Waals surface area contributed by atoms with E-state index in [4.69, 9.17) is 0 Å².